The van der Waals surface area contributed by atoms with Crippen LogP contribution < -0.4 is 14.8 Å². The Hall–Kier alpha value is -2.14. The van der Waals surface area contributed by atoms with Gasteiger partial charge < -0.3 is 14.8 Å². The van der Waals surface area contributed by atoms with Gasteiger partial charge >= 0.3 is 0 Å². The van der Waals surface area contributed by atoms with Crippen molar-refractivity contribution in [2.24, 2.45) is 0 Å². The van der Waals surface area contributed by atoms with Crippen LogP contribution in [0.25, 0.3) is 0 Å². The van der Waals surface area contributed by atoms with E-state index in [4.69, 9.17) is 9.47 Å². The third-order valence-corrected chi connectivity index (χ3v) is 4.38. The first kappa shape index (κ1) is 18.2. The van der Waals surface area contributed by atoms with Crippen LogP contribution in [0.5, 0.6) is 11.5 Å². The molecule has 24 heavy (non-hydrogen) atoms. The van der Waals surface area contributed by atoms with E-state index >= 15 is 0 Å². The van der Waals surface area contributed by atoms with Crippen molar-refractivity contribution in [3.63, 3.8) is 0 Å². The first-order chi connectivity index (χ1) is 11.7. The maximum absolute atomic E-state index is 11.8. The average Bonchev–Trinajstić information content (AvgIpc) is 2.60. The van der Waals surface area contributed by atoms with Gasteiger partial charge in [0.15, 0.2) is 18.1 Å². The van der Waals surface area contributed by atoms with Crippen molar-refractivity contribution in [3.8, 4) is 11.5 Å². The summed E-state index contributed by atoms with van der Waals surface area (Å²) in [5.41, 5.74) is 2.58. The second-order valence-corrected chi connectivity index (χ2v) is 6.44. The maximum Gasteiger partial charge on any atom is 0.257 e. The van der Waals surface area contributed by atoms with Crippen LogP contribution >= 0.6 is 11.8 Å². The highest BCUT2D eigenvalue weighted by atomic mass is 32.2. The predicted octanol–water partition coefficient (Wildman–Crippen LogP) is 3.43. The zero-order chi connectivity index (χ0) is 17.2. The van der Waals surface area contributed by atoms with Gasteiger partial charge in [-0.2, -0.15) is 11.8 Å². The molecule has 0 saturated heterocycles. The Labute approximate surface area is 147 Å². The molecule has 1 N–H and O–H groups in total. The number of hydrogen-bond acceptors (Lipinski definition) is 4. The highest BCUT2D eigenvalue weighted by Crippen LogP contribution is 2.25. The molecule has 0 bridgehead atoms. The molecule has 2 aromatic rings. The summed E-state index contributed by atoms with van der Waals surface area (Å²) >= 11 is 1.80. The highest BCUT2D eigenvalue weighted by Gasteiger charge is 2.06. The average molecular weight is 345 g/mol. The van der Waals surface area contributed by atoms with Crippen molar-refractivity contribution in [2.45, 2.75) is 12.7 Å². The summed E-state index contributed by atoms with van der Waals surface area (Å²) in [4.78, 5) is 11.8. The number of carbonyl (C=O) groups is 1. The van der Waals surface area contributed by atoms with Crippen LogP contribution in [-0.4, -0.2) is 31.9 Å². The zero-order valence-corrected chi connectivity index (χ0v) is 14.9. The van der Waals surface area contributed by atoms with Crippen LogP contribution in [0.4, 0.5) is 0 Å². The van der Waals surface area contributed by atoms with Crippen LogP contribution in [0.15, 0.2) is 48.5 Å². The minimum Gasteiger partial charge on any atom is -0.493 e. The van der Waals surface area contributed by atoms with Crippen LogP contribution in [0.1, 0.15) is 11.1 Å². The minimum atomic E-state index is -0.128. The normalized spacial score (nSPS) is 10.2. The molecule has 0 unspecified atom stereocenters. The number of aryl methyl sites for hydroxylation is 1. The third kappa shape index (κ3) is 6.16. The molecule has 2 aromatic carbocycles. The number of carbonyl (C=O) groups excluding carboxylic acids is 1. The first-order valence-corrected chi connectivity index (χ1v) is 9.00. The van der Waals surface area contributed by atoms with Gasteiger partial charge in [0.25, 0.3) is 5.91 Å². The van der Waals surface area contributed by atoms with E-state index < -0.39 is 0 Å². The number of amides is 1. The van der Waals surface area contributed by atoms with Crippen LogP contribution in [-0.2, 0) is 10.5 Å². The Bertz CT molecular complexity index is 661. The van der Waals surface area contributed by atoms with E-state index in [0.29, 0.717) is 18.0 Å². The molecule has 0 atom stereocenters. The Morgan fingerprint density at radius 2 is 1.92 bits per heavy atom. The number of methoxy groups -OCH3 is 1. The largest absolute Gasteiger partial charge is 0.493 e. The van der Waals surface area contributed by atoms with Crippen LogP contribution in [0.2, 0.25) is 0 Å². The summed E-state index contributed by atoms with van der Waals surface area (Å²) in [6.07, 6.45) is 0. The Balaban J connectivity index is 1.61. The summed E-state index contributed by atoms with van der Waals surface area (Å²) in [6.45, 7) is 2.71. The minimum absolute atomic E-state index is 0.0110. The van der Waals surface area contributed by atoms with E-state index in [1.807, 2.05) is 12.1 Å². The van der Waals surface area contributed by atoms with Gasteiger partial charge in [0.05, 0.1) is 7.11 Å². The van der Waals surface area contributed by atoms with Crippen molar-refractivity contribution in [3.05, 3.63) is 59.7 Å². The lowest BCUT2D eigenvalue weighted by molar-refractivity contribution is -0.122. The van der Waals surface area contributed by atoms with Gasteiger partial charge in [0.2, 0.25) is 0 Å². The fourth-order valence-electron chi connectivity index (χ4n) is 2.19. The Morgan fingerprint density at radius 1 is 1.12 bits per heavy atom. The van der Waals surface area contributed by atoms with Gasteiger partial charge in [-0.25, -0.2) is 0 Å². The molecule has 0 spiro atoms. The monoisotopic (exact) mass is 345 g/mol. The molecule has 0 aromatic heterocycles. The van der Waals surface area contributed by atoms with Gasteiger partial charge in [-0.1, -0.05) is 42.0 Å². The number of ether oxygens (including phenoxy) is 2. The fourth-order valence-corrected chi connectivity index (χ4v) is 2.99. The molecule has 2 rings (SSSR count). The molecule has 0 heterocycles. The molecule has 0 aliphatic rings. The molecular formula is C19H23NO3S. The molecule has 0 radical (unpaired) electrons. The summed E-state index contributed by atoms with van der Waals surface area (Å²) in [7, 11) is 1.58. The van der Waals surface area contributed by atoms with E-state index in [1.165, 1.54) is 11.1 Å². The van der Waals surface area contributed by atoms with Crippen molar-refractivity contribution in [2.75, 3.05) is 26.0 Å². The zero-order valence-electron chi connectivity index (χ0n) is 14.1. The summed E-state index contributed by atoms with van der Waals surface area (Å²) in [6, 6.07) is 15.8. The quantitative estimate of drug-likeness (QED) is 0.707. The number of benzene rings is 2. The van der Waals surface area contributed by atoms with E-state index in [2.05, 4.69) is 36.5 Å². The fraction of sp³-hybridized carbons (Fsp3) is 0.316. The molecule has 5 heteroatoms. The van der Waals surface area contributed by atoms with Crippen molar-refractivity contribution >= 4 is 17.7 Å². The molecule has 4 nitrogen and oxygen atoms in total. The third-order valence-electron chi connectivity index (χ3n) is 3.35. The molecule has 0 aliphatic heterocycles. The number of para-hydroxylation sites is 2. The lowest BCUT2D eigenvalue weighted by Gasteiger charge is -2.10. The maximum atomic E-state index is 11.8. The summed E-state index contributed by atoms with van der Waals surface area (Å²) < 4.78 is 10.7. The van der Waals surface area contributed by atoms with Gasteiger partial charge in [0.1, 0.15) is 0 Å². The van der Waals surface area contributed by atoms with Gasteiger partial charge in [-0.05, 0) is 24.6 Å². The van der Waals surface area contributed by atoms with Crippen LogP contribution in [0.3, 0.4) is 0 Å². The number of rotatable bonds is 9. The van der Waals surface area contributed by atoms with E-state index in [0.717, 1.165) is 11.5 Å². The standard InChI is InChI=1S/C19H23NO3S/c1-15-6-5-7-16(12-15)14-24-11-10-20-19(21)13-23-18-9-4-3-8-17(18)22-2/h3-9,12H,10-11,13-14H2,1-2H3,(H,20,21). The van der Waals surface area contributed by atoms with Gasteiger partial charge in [-0.3, -0.25) is 4.79 Å². The molecule has 0 fully saturated rings. The van der Waals surface area contributed by atoms with Crippen LogP contribution in [0, 0.1) is 6.92 Å². The topological polar surface area (TPSA) is 47.6 Å². The molecule has 0 saturated carbocycles. The summed E-state index contributed by atoms with van der Waals surface area (Å²) in [5, 5.41) is 2.86. The van der Waals surface area contributed by atoms with Gasteiger partial charge in [0, 0.05) is 18.1 Å². The number of hydrogen-bond donors (Lipinski definition) is 1. The lowest BCUT2D eigenvalue weighted by atomic mass is 10.2. The molecule has 1 amide bonds. The van der Waals surface area contributed by atoms with Crippen molar-refractivity contribution in [1.82, 2.24) is 5.32 Å². The molecule has 128 valence electrons. The first-order valence-electron chi connectivity index (χ1n) is 7.85. The smallest absolute Gasteiger partial charge is 0.257 e. The van der Waals surface area contributed by atoms with E-state index in [9.17, 15) is 4.79 Å². The SMILES string of the molecule is COc1ccccc1OCC(=O)NCCSCc1cccc(C)c1. The van der Waals surface area contributed by atoms with Gasteiger partial charge in [-0.15, -0.1) is 0 Å². The lowest BCUT2D eigenvalue weighted by Crippen LogP contribution is -2.30. The van der Waals surface area contributed by atoms with E-state index in [1.54, 1.807) is 31.0 Å². The molecule has 0 aliphatic carbocycles. The second kappa shape index (κ2) is 9.88. The Morgan fingerprint density at radius 3 is 2.67 bits per heavy atom. The number of thioether (sulfide) groups is 1. The Kier molecular flexibility index (Phi) is 7.49. The van der Waals surface area contributed by atoms with Crippen molar-refractivity contribution in [1.29, 1.82) is 0 Å². The van der Waals surface area contributed by atoms with E-state index in [-0.39, 0.29) is 12.5 Å². The number of nitrogens with one attached hydrogen (secondary N) is 1. The van der Waals surface area contributed by atoms with Crippen molar-refractivity contribution < 1.29 is 14.3 Å². The predicted molar refractivity (Wildman–Crippen MR) is 98.8 cm³/mol. The summed E-state index contributed by atoms with van der Waals surface area (Å²) in [5.74, 6) is 2.89. The second-order valence-electron chi connectivity index (χ2n) is 5.33. The molecular weight excluding hydrogens is 322 g/mol. The highest BCUT2D eigenvalue weighted by molar-refractivity contribution is 7.98.